The van der Waals surface area contributed by atoms with Gasteiger partial charge in [-0.25, -0.2) is 18.2 Å². The number of aromatic nitrogens is 3. The minimum Gasteiger partial charge on any atom is -0.481 e. The third-order valence-corrected chi connectivity index (χ3v) is 8.63. The number of fused-ring (bicyclic) bond motifs is 2. The third kappa shape index (κ3) is 5.32. The highest BCUT2D eigenvalue weighted by Gasteiger charge is 2.33. The van der Waals surface area contributed by atoms with E-state index in [9.17, 15) is 9.00 Å². The number of rotatable bonds is 8. The molecule has 0 fully saturated rings. The highest BCUT2D eigenvalue weighted by atomic mass is 32.2. The Labute approximate surface area is 247 Å². The average molecular weight is 609 g/mol. The first-order valence-electron chi connectivity index (χ1n) is 13.5. The second kappa shape index (κ2) is 11.3. The van der Waals surface area contributed by atoms with Crippen molar-refractivity contribution in [2.75, 3.05) is 19.8 Å². The van der Waals surface area contributed by atoms with Crippen LogP contribution < -0.4 is 4.74 Å². The van der Waals surface area contributed by atoms with E-state index in [4.69, 9.17) is 14.8 Å². The molecule has 222 valence electrons. The van der Waals surface area contributed by atoms with Gasteiger partial charge in [0.1, 0.15) is 23.2 Å². The van der Waals surface area contributed by atoms with Gasteiger partial charge in [0.05, 0.1) is 33.0 Å². The zero-order chi connectivity index (χ0) is 30.4. The highest BCUT2D eigenvalue weighted by molar-refractivity contribution is 7.84. The van der Waals surface area contributed by atoms with Crippen LogP contribution in [-0.4, -0.2) is 55.0 Å². The molecule has 1 aliphatic rings. The zero-order valence-corrected chi connectivity index (χ0v) is 24.0. The van der Waals surface area contributed by atoms with E-state index in [0.717, 1.165) is 0 Å². The molecule has 0 bridgehead atoms. The summed E-state index contributed by atoms with van der Waals surface area (Å²) in [6.07, 6.45) is 3.44. The number of carboxylic acid groups (broad SMARTS) is 1. The van der Waals surface area contributed by atoms with Gasteiger partial charge in [-0.05, 0) is 43.3 Å². The summed E-state index contributed by atoms with van der Waals surface area (Å²) in [6.45, 7) is 0.571. The molecule has 2 aromatic heterocycles. The molecule has 0 radical (unpaired) electrons. The number of benzene rings is 3. The number of halogens is 3. The highest BCUT2D eigenvalue weighted by Crippen LogP contribution is 2.39. The summed E-state index contributed by atoms with van der Waals surface area (Å²) in [4.78, 5) is 24.0. The Balaban J connectivity index is 1.38. The van der Waals surface area contributed by atoms with Gasteiger partial charge in [0, 0.05) is 60.1 Å². The number of ether oxygens (including phenoxy) is 1. The second-order valence-electron chi connectivity index (χ2n) is 10.4. The quantitative estimate of drug-likeness (QED) is 0.196. The summed E-state index contributed by atoms with van der Waals surface area (Å²) in [5, 5.41) is 9.61. The van der Waals surface area contributed by atoms with Crippen molar-refractivity contribution in [1.29, 1.82) is 0 Å². The van der Waals surface area contributed by atoms with E-state index in [-0.39, 0.29) is 40.6 Å². The summed E-state index contributed by atoms with van der Waals surface area (Å²) < 4.78 is 64.4. The Kier molecular flexibility index (Phi) is 7.57. The van der Waals surface area contributed by atoms with Crippen LogP contribution in [0.15, 0.2) is 59.6 Å². The van der Waals surface area contributed by atoms with Gasteiger partial charge in [-0.15, -0.1) is 0 Å². The fourth-order valence-corrected chi connectivity index (χ4v) is 6.48. The number of carboxylic acids is 1. The van der Waals surface area contributed by atoms with Crippen LogP contribution in [-0.2, 0) is 28.4 Å². The van der Waals surface area contributed by atoms with Gasteiger partial charge in [-0.2, -0.15) is 0 Å². The number of aryl methyl sites for hydroxylation is 1. The van der Waals surface area contributed by atoms with Gasteiger partial charge in [0.15, 0.2) is 11.6 Å². The Bertz CT molecular complexity index is 1900. The molecule has 8 nitrogen and oxygen atoms in total. The number of carbonyl (C=O) groups is 1. The van der Waals surface area contributed by atoms with Crippen molar-refractivity contribution in [2.24, 2.45) is 0 Å². The maximum absolute atomic E-state index is 15.6. The fraction of sp³-hybridized carbons (Fsp3) is 0.226. The van der Waals surface area contributed by atoms with Gasteiger partial charge in [-0.1, -0.05) is 18.2 Å². The van der Waals surface area contributed by atoms with Crippen LogP contribution in [0.4, 0.5) is 13.2 Å². The first-order valence-corrected chi connectivity index (χ1v) is 15.1. The van der Waals surface area contributed by atoms with Gasteiger partial charge in [0.2, 0.25) is 0 Å². The Morgan fingerprint density at radius 1 is 1.16 bits per heavy atom. The van der Waals surface area contributed by atoms with Gasteiger partial charge in [0.25, 0.3) is 0 Å². The predicted molar refractivity (Wildman–Crippen MR) is 155 cm³/mol. The molecule has 0 saturated carbocycles. The molecular weight excluding hydrogens is 581 g/mol. The Hall–Kier alpha value is -4.42. The number of aliphatic carboxylic acids is 1. The van der Waals surface area contributed by atoms with Gasteiger partial charge < -0.3 is 19.8 Å². The largest absolute Gasteiger partial charge is 0.481 e. The predicted octanol–water partition coefficient (Wildman–Crippen LogP) is 6.10. The van der Waals surface area contributed by atoms with Crippen molar-refractivity contribution in [2.45, 2.75) is 30.2 Å². The summed E-state index contributed by atoms with van der Waals surface area (Å²) in [5.74, 6) is -2.76. The molecule has 2 unspecified atom stereocenters. The normalized spacial score (nSPS) is 15.9. The molecule has 2 atom stereocenters. The van der Waals surface area contributed by atoms with Crippen molar-refractivity contribution >= 4 is 27.7 Å². The smallest absolute Gasteiger partial charge is 0.303 e. The molecule has 0 aliphatic carbocycles. The molecule has 0 amide bonds. The molecular formula is C31H27F3N4O4S. The van der Waals surface area contributed by atoms with E-state index >= 15 is 13.2 Å². The first-order chi connectivity index (χ1) is 20.6. The molecule has 12 heteroatoms. The molecule has 0 saturated heterocycles. The van der Waals surface area contributed by atoms with Crippen LogP contribution in [0.1, 0.15) is 35.0 Å². The molecule has 43 heavy (non-hydrogen) atoms. The van der Waals surface area contributed by atoms with E-state index in [1.165, 1.54) is 30.5 Å². The van der Waals surface area contributed by atoms with E-state index in [2.05, 4.69) is 9.97 Å². The van der Waals surface area contributed by atoms with Crippen LogP contribution in [0.5, 0.6) is 11.5 Å². The molecule has 3 N–H and O–H groups in total. The topological polar surface area (TPSA) is 111 Å². The van der Waals surface area contributed by atoms with Gasteiger partial charge in [-0.3, -0.25) is 13.9 Å². The van der Waals surface area contributed by atoms with Crippen LogP contribution in [0.3, 0.4) is 0 Å². The zero-order valence-electron chi connectivity index (χ0n) is 23.2. The first kappa shape index (κ1) is 28.7. The minimum atomic E-state index is -1.59. The summed E-state index contributed by atoms with van der Waals surface area (Å²) in [6, 6.07) is 11.1. The Morgan fingerprint density at radius 3 is 2.74 bits per heavy atom. The maximum atomic E-state index is 15.6. The van der Waals surface area contributed by atoms with Crippen LogP contribution in [0.2, 0.25) is 0 Å². The van der Waals surface area contributed by atoms with E-state index in [1.54, 1.807) is 30.5 Å². The van der Waals surface area contributed by atoms with Crippen molar-refractivity contribution in [3.63, 3.8) is 0 Å². The maximum Gasteiger partial charge on any atom is 0.303 e. The SMILES string of the molecule is CN1CCc2[nH]c(-c3cc(Oc4c(F)cc5[nH]ccc5c4S(C)=O)ccc3F)nc2C1c1cccc(CCC(=O)O)c1F. The number of likely N-dealkylation sites (N-methyl/N-ethyl adjacent to an activating group) is 1. The standard InChI is InChI=1S/C31H27F3N4O4S/c1-38-13-11-23-27(28(38)19-5-3-4-16(26(19)34)6-9-25(39)40)37-31(36-23)20-14-17(7-8-21(20)32)42-29-22(33)15-24-18(10-12-35-24)30(29)43(2)41/h3-5,7-8,10,12,14-15,28,35H,6,9,11,13H2,1-2H3,(H,36,37)(H,39,40). The number of imidazole rings is 1. The molecule has 1 aliphatic heterocycles. The molecule has 5 aromatic rings. The number of nitrogens with one attached hydrogen (secondary N) is 2. The third-order valence-electron chi connectivity index (χ3n) is 7.65. The van der Waals surface area contributed by atoms with Crippen LogP contribution >= 0.6 is 0 Å². The number of hydrogen-bond acceptors (Lipinski definition) is 5. The van der Waals surface area contributed by atoms with Crippen molar-refractivity contribution in [3.05, 3.63) is 94.7 Å². The van der Waals surface area contributed by atoms with Gasteiger partial charge >= 0.3 is 5.97 Å². The molecule has 6 rings (SSSR count). The number of nitrogens with zero attached hydrogens (tertiary/aromatic N) is 2. The van der Waals surface area contributed by atoms with Crippen LogP contribution in [0.25, 0.3) is 22.3 Å². The summed E-state index contributed by atoms with van der Waals surface area (Å²) in [5.41, 5.74) is 2.41. The summed E-state index contributed by atoms with van der Waals surface area (Å²) in [7, 11) is 0.245. The van der Waals surface area contributed by atoms with E-state index in [1.807, 2.05) is 11.9 Å². The van der Waals surface area contributed by atoms with Crippen LogP contribution in [0, 0.1) is 17.5 Å². The minimum absolute atomic E-state index is 0.0487. The summed E-state index contributed by atoms with van der Waals surface area (Å²) >= 11 is 0. The average Bonchev–Trinajstić information content (AvgIpc) is 3.61. The Morgan fingerprint density at radius 2 is 1.98 bits per heavy atom. The molecule has 0 spiro atoms. The number of H-pyrrole nitrogens is 2. The van der Waals surface area contributed by atoms with E-state index in [0.29, 0.717) is 46.4 Å². The fourth-order valence-electron chi connectivity index (χ4n) is 5.59. The van der Waals surface area contributed by atoms with E-state index < -0.39 is 40.3 Å². The monoisotopic (exact) mass is 608 g/mol. The van der Waals surface area contributed by atoms with Crippen molar-refractivity contribution in [3.8, 4) is 22.9 Å². The number of hydrogen-bond donors (Lipinski definition) is 3. The second-order valence-corrected chi connectivity index (χ2v) is 11.8. The molecule has 3 aromatic carbocycles. The lowest BCUT2D eigenvalue weighted by atomic mass is 9.93. The number of aromatic amines is 2. The van der Waals surface area contributed by atoms with Crippen molar-refractivity contribution in [1.82, 2.24) is 19.9 Å². The lowest BCUT2D eigenvalue weighted by molar-refractivity contribution is -0.136. The lowest BCUT2D eigenvalue weighted by Crippen LogP contribution is -2.33. The van der Waals surface area contributed by atoms with Crippen molar-refractivity contribution < 1.29 is 32.0 Å². The lowest BCUT2D eigenvalue weighted by Gasteiger charge is -2.32. The molecule has 3 heterocycles.